The summed E-state index contributed by atoms with van der Waals surface area (Å²) in [6.45, 7) is 0.281. The fourth-order valence-electron chi connectivity index (χ4n) is 2.08. The number of carboxylic acid groups (broad SMARTS) is 1. The Kier molecular flexibility index (Phi) is 5.61. The van der Waals surface area contributed by atoms with Crippen LogP contribution in [-0.4, -0.2) is 85.4 Å². The smallest absolute Gasteiger partial charge is 0.364 e. The van der Waals surface area contributed by atoms with Crippen molar-refractivity contribution >= 4 is 11.9 Å². The van der Waals surface area contributed by atoms with Gasteiger partial charge in [0.1, 0.15) is 18.8 Å². The van der Waals surface area contributed by atoms with E-state index in [1.807, 2.05) is 0 Å². The first-order chi connectivity index (χ1) is 9.62. The number of carbonyl (C=O) groups excluding carboxylic acids is 1. The van der Waals surface area contributed by atoms with Crippen molar-refractivity contribution in [1.82, 2.24) is 5.32 Å². The highest BCUT2D eigenvalue weighted by atomic mass is 16.7. The van der Waals surface area contributed by atoms with Gasteiger partial charge in [-0.25, -0.2) is 4.79 Å². The fourth-order valence-corrected chi connectivity index (χ4v) is 2.08. The molecule has 6 atom stereocenters. The van der Waals surface area contributed by atoms with Gasteiger partial charge in [0.2, 0.25) is 5.91 Å². The lowest BCUT2D eigenvalue weighted by Gasteiger charge is -2.44. The largest absolute Gasteiger partial charge is 0.477 e. The molecule has 0 saturated carbocycles. The summed E-state index contributed by atoms with van der Waals surface area (Å²) in [6.07, 6.45) is -7.00. The highest BCUT2D eigenvalue weighted by molar-refractivity contribution is 5.78. The molecule has 1 aliphatic rings. The number of rotatable bonds is 5. The van der Waals surface area contributed by atoms with Gasteiger partial charge < -0.3 is 40.7 Å². The van der Waals surface area contributed by atoms with Gasteiger partial charge in [-0.15, -0.1) is 0 Å². The van der Waals surface area contributed by atoms with Crippen LogP contribution in [0.5, 0.6) is 0 Å². The lowest BCUT2D eigenvalue weighted by atomic mass is 9.89. The second-order valence-electron chi connectivity index (χ2n) is 4.93. The molecule has 0 aromatic rings. The Balaban J connectivity index is 3.05. The maximum atomic E-state index is 11.2. The van der Waals surface area contributed by atoms with Crippen molar-refractivity contribution < 1.29 is 45.0 Å². The zero-order chi connectivity index (χ0) is 16.4. The molecule has 0 aromatic carbocycles. The zero-order valence-electron chi connectivity index (χ0n) is 11.2. The number of hydrogen-bond donors (Lipinski definition) is 7. The molecule has 1 aliphatic heterocycles. The van der Waals surface area contributed by atoms with Crippen LogP contribution in [0.15, 0.2) is 0 Å². The lowest BCUT2D eigenvalue weighted by Crippen LogP contribution is -2.67. The third-order valence-corrected chi connectivity index (χ3v) is 3.22. The standard InChI is InChI=1S/C11H19NO9/c1-4(14)8(17)9-7(12-6(16)3-13)5(15)2-11(20,21-9)10(18)19/h4-5,7-9,13-15,17,20H,2-3H2,1H3,(H,12,16)(H,18,19)/t4-,5+,7-,8-,9-,11?/m1/s1. The second-order valence-corrected chi connectivity index (χ2v) is 4.93. The third-order valence-electron chi connectivity index (χ3n) is 3.22. The second kappa shape index (κ2) is 6.64. The Bertz CT molecular complexity index is 401. The molecule has 0 bridgehead atoms. The highest BCUT2D eigenvalue weighted by Crippen LogP contribution is 2.30. The van der Waals surface area contributed by atoms with E-state index >= 15 is 0 Å². The summed E-state index contributed by atoms with van der Waals surface area (Å²) in [6, 6.07) is -1.31. The van der Waals surface area contributed by atoms with E-state index in [-0.39, 0.29) is 0 Å². The van der Waals surface area contributed by atoms with E-state index in [1.165, 1.54) is 6.92 Å². The van der Waals surface area contributed by atoms with Crippen LogP contribution in [0.1, 0.15) is 13.3 Å². The van der Waals surface area contributed by atoms with Crippen molar-refractivity contribution in [1.29, 1.82) is 0 Å². The first kappa shape index (κ1) is 17.8. The Labute approximate surface area is 119 Å². The number of hydrogen-bond acceptors (Lipinski definition) is 8. The predicted molar refractivity (Wildman–Crippen MR) is 64.8 cm³/mol. The van der Waals surface area contributed by atoms with Gasteiger partial charge >= 0.3 is 5.97 Å². The number of carbonyl (C=O) groups is 2. The maximum Gasteiger partial charge on any atom is 0.364 e. The summed E-state index contributed by atoms with van der Waals surface area (Å²) in [4.78, 5) is 22.2. The van der Waals surface area contributed by atoms with Gasteiger partial charge in [-0.2, -0.15) is 0 Å². The molecule has 1 amide bonds. The normalized spacial score (nSPS) is 35.8. The predicted octanol–water partition coefficient (Wildman–Crippen LogP) is -3.87. The minimum atomic E-state index is -2.76. The van der Waals surface area contributed by atoms with Crippen molar-refractivity contribution in [3.8, 4) is 0 Å². The molecule has 1 heterocycles. The van der Waals surface area contributed by atoms with Crippen LogP contribution in [0.25, 0.3) is 0 Å². The van der Waals surface area contributed by atoms with E-state index in [2.05, 4.69) is 5.32 Å². The van der Waals surface area contributed by atoms with E-state index in [1.54, 1.807) is 0 Å². The summed E-state index contributed by atoms with van der Waals surface area (Å²) in [5.41, 5.74) is 0. The van der Waals surface area contributed by atoms with E-state index in [0.717, 1.165) is 0 Å². The monoisotopic (exact) mass is 309 g/mol. The Hall–Kier alpha value is -1.30. The van der Waals surface area contributed by atoms with Gasteiger partial charge in [-0.05, 0) is 6.92 Å². The van der Waals surface area contributed by atoms with Crippen molar-refractivity contribution in [2.75, 3.05) is 6.61 Å². The molecule has 1 saturated heterocycles. The quantitative estimate of drug-likeness (QED) is 0.268. The average Bonchev–Trinajstić information content (AvgIpc) is 2.40. The van der Waals surface area contributed by atoms with Crippen LogP contribution < -0.4 is 5.32 Å². The highest BCUT2D eigenvalue weighted by Gasteiger charge is 2.53. The molecule has 21 heavy (non-hydrogen) atoms. The Morgan fingerprint density at radius 2 is 2.00 bits per heavy atom. The number of aliphatic hydroxyl groups is 5. The molecular weight excluding hydrogens is 290 g/mol. The van der Waals surface area contributed by atoms with Gasteiger partial charge in [0.15, 0.2) is 0 Å². The molecule has 1 rings (SSSR count). The maximum absolute atomic E-state index is 11.2. The molecule has 1 unspecified atom stereocenters. The molecule has 0 spiro atoms. The summed E-state index contributed by atoms with van der Waals surface area (Å²) < 4.78 is 4.88. The first-order valence-corrected chi connectivity index (χ1v) is 6.20. The van der Waals surface area contributed by atoms with Gasteiger partial charge in [0.05, 0.1) is 18.2 Å². The van der Waals surface area contributed by atoms with Crippen LogP contribution in [0, 0.1) is 0 Å². The van der Waals surface area contributed by atoms with E-state index in [0.29, 0.717) is 0 Å². The number of aliphatic carboxylic acids is 1. The third kappa shape index (κ3) is 3.87. The molecular formula is C11H19NO9. The fraction of sp³-hybridized carbons (Fsp3) is 0.818. The summed E-state index contributed by atoms with van der Waals surface area (Å²) in [5, 5.41) is 58.6. The molecule has 10 nitrogen and oxygen atoms in total. The first-order valence-electron chi connectivity index (χ1n) is 6.20. The number of aliphatic hydroxyl groups excluding tert-OH is 4. The summed E-state index contributed by atoms with van der Waals surface area (Å²) in [5.74, 6) is -5.44. The molecule has 0 aliphatic carbocycles. The van der Waals surface area contributed by atoms with Crippen molar-refractivity contribution in [2.45, 2.75) is 49.6 Å². The van der Waals surface area contributed by atoms with E-state index < -0.39 is 61.1 Å². The van der Waals surface area contributed by atoms with Crippen LogP contribution in [0.3, 0.4) is 0 Å². The van der Waals surface area contributed by atoms with Crippen molar-refractivity contribution in [2.24, 2.45) is 0 Å². The lowest BCUT2D eigenvalue weighted by molar-refractivity contribution is -0.293. The Morgan fingerprint density at radius 1 is 1.43 bits per heavy atom. The van der Waals surface area contributed by atoms with Crippen molar-refractivity contribution in [3.63, 3.8) is 0 Å². The summed E-state index contributed by atoms with van der Waals surface area (Å²) in [7, 11) is 0. The topological polar surface area (TPSA) is 177 Å². The average molecular weight is 309 g/mol. The number of carboxylic acids is 1. The van der Waals surface area contributed by atoms with Gasteiger partial charge in [-0.1, -0.05) is 0 Å². The van der Waals surface area contributed by atoms with Crippen LogP contribution in [-0.2, 0) is 14.3 Å². The molecule has 122 valence electrons. The van der Waals surface area contributed by atoms with E-state index in [9.17, 15) is 30.0 Å². The van der Waals surface area contributed by atoms with E-state index in [4.69, 9.17) is 14.9 Å². The minimum Gasteiger partial charge on any atom is -0.477 e. The van der Waals surface area contributed by atoms with Crippen LogP contribution >= 0.6 is 0 Å². The van der Waals surface area contributed by atoms with Crippen LogP contribution in [0.4, 0.5) is 0 Å². The summed E-state index contributed by atoms with van der Waals surface area (Å²) >= 11 is 0. The molecule has 0 radical (unpaired) electrons. The van der Waals surface area contributed by atoms with Gasteiger partial charge in [-0.3, -0.25) is 4.79 Å². The number of nitrogens with one attached hydrogen (secondary N) is 1. The molecule has 0 aromatic heterocycles. The number of amides is 1. The number of ether oxygens (including phenoxy) is 1. The zero-order valence-corrected chi connectivity index (χ0v) is 11.2. The van der Waals surface area contributed by atoms with Gasteiger partial charge in [0.25, 0.3) is 5.79 Å². The SMILES string of the molecule is C[C@@H](O)[C@@H](O)[C@@H]1OC(O)(C(=O)O)C[C@H](O)[C@H]1NC(=O)CO. The van der Waals surface area contributed by atoms with Gasteiger partial charge in [0, 0.05) is 6.42 Å². The molecule has 10 heteroatoms. The molecule has 7 N–H and O–H groups in total. The van der Waals surface area contributed by atoms with Crippen LogP contribution in [0.2, 0.25) is 0 Å². The van der Waals surface area contributed by atoms with Crippen molar-refractivity contribution in [3.05, 3.63) is 0 Å². The Morgan fingerprint density at radius 3 is 2.43 bits per heavy atom. The molecule has 1 fully saturated rings. The minimum absolute atomic E-state index is 0.762.